The van der Waals surface area contributed by atoms with E-state index >= 15 is 0 Å². The molecule has 1 aliphatic rings. The van der Waals surface area contributed by atoms with E-state index in [4.69, 9.17) is 28.5 Å². The fourth-order valence-electron chi connectivity index (χ4n) is 3.92. The van der Waals surface area contributed by atoms with Gasteiger partial charge in [-0.05, 0) is 43.5 Å². The van der Waals surface area contributed by atoms with Crippen LogP contribution in [0, 0.1) is 11.3 Å². The van der Waals surface area contributed by atoms with E-state index in [-0.39, 0.29) is 27.3 Å². The van der Waals surface area contributed by atoms with Crippen molar-refractivity contribution in [3.8, 4) is 17.4 Å². The third kappa shape index (κ3) is 3.07. The molecule has 0 bridgehead atoms. The molecule has 1 saturated carbocycles. The first-order valence-electron chi connectivity index (χ1n) is 9.75. The smallest absolute Gasteiger partial charge is 0.312 e. The van der Waals surface area contributed by atoms with Gasteiger partial charge in [-0.1, -0.05) is 23.2 Å². The highest BCUT2D eigenvalue weighted by atomic mass is 35.5. The van der Waals surface area contributed by atoms with E-state index in [1.807, 2.05) is 11.1 Å². The molecule has 11 heteroatoms. The molecule has 0 saturated heterocycles. The number of hydrogen-bond donors (Lipinski definition) is 1. The van der Waals surface area contributed by atoms with Crippen LogP contribution in [0.25, 0.3) is 22.4 Å². The molecule has 0 atom stereocenters. The molecular formula is C21H14Cl2N6O3. The number of aromatic amines is 1. The number of nitriles is 1. The zero-order chi connectivity index (χ0) is 22.6. The summed E-state index contributed by atoms with van der Waals surface area (Å²) in [4.78, 5) is 38.3. The van der Waals surface area contributed by atoms with Gasteiger partial charge in [-0.2, -0.15) is 9.94 Å². The average Bonchev–Trinajstić information content (AvgIpc) is 3.12. The number of H-pyrrole nitrogens is 1. The lowest BCUT2D eigenvalue weighted by Gasteiger charge is -2.28. The normalized spacial score (nSPS) is 13.8. The maximum absolute atomic E-state index is 12.5. The van der Waals surface area contributed by atoms with Crippen LogP contribution in [-0.4, -0.2) is 23.9 Å². The van der Waals surface area contributed by atoms with Crippen molar-refractivity contribution in [1.29, 1.82) is 5.26 Å². The molecule has 0 unspecified atom stereocenters. The number of hydrogen-bond acceptors (Lipinski definition) is 5. The van der Waals surface area contributed by atoms with Crippen molar-refractivity contribution in [2.75, 3.05) is 0 Å². The summed E-state index contributed by atoms with van der Waals surface area (Å²) in [7, 11) is 0. The van der Waals surface area contributed by atoms with Crippen LogP contribution in [0.5, 0.6) is 0 Å². The highest BCUT2D eigenvalue weighted by molar-refractivity contribution is 6.38. The second kappa shape index (κ2) is 7.51. The molecule has 0 radical (unpaired) electrons. The van der Waals surface area contributed by atoms with Gasteiger partial charge in [-0.25, -0.2) is 4.79 Å². The molecular weight excluding hydrogens is 455 g/mol. The fraction of sp³-hybridized carbons (Fsp3) is 0.190. The lowest BCUT2D eigenvalue weighted by atomic mass is 9.92. The zero-order valence-corrected chi connectivity index (χ0v) is 17.9. The van der Waals surface area contributed by atoms with Crippen LogP contribution in [0.2, 0.25) is 10.0 Å². The Hall–Kier alpha value is -3.61. The maximum atomic E-state index is 12.5. The molecule has 1 aliphatic carbocycles. The van der Waals surface area contributed by atoms with Gasteiger partial charge in [0.15, 0.2) is 0 Å². The minimum Gasteiger partial charge on any atom is -0.312 e. The summed E-state index contributed by atoms with van der Waals surface area (Å²) in [5.41, 5.74) is -0.0257. The summed E-state index contributed by atoms with van der Waals surface area (Å²) >= 11 is 13.1. The van der Waals surface area contributed by atoms with Gasteiger partial charge < -0.3 is 9.13 Å². The summed E-state index contributed by atoms with van der Waals surface area (Å²) in [6, 6.07) is 9.84. The van der Waals surface area contributed by atoms with Gasteiger partial charge in [-0.15, -0.1) is 5.10 Å². The Kier molecular flexibility index (Phi) is 4.77. The Labute approximate surface area is 189 Å². The summed E-state index contributed by atoms with van der Waals surface area (Å²) in [6.07, 6.45) is 4.81. The molecule has 3 aromatic heterocycles. The molecule has 5 rings (SSSR count). The van der Waals surface area contributed by atoms with E-state index in [9.17, 15) is 14.4 Å². The summed E-state index contributed by atoms with van der Waals surface area (Å²) in [6.45, 7) is 0. The van der Waals surface area contributed by atoms with Gasteiger partial charge >= 0.3 is 5.69 Å². The number of benzene rings is 1. The molecule has 9 nitrogen and oxygen atoms in total. The first kappa shape index (κ1) is 20.3. The fourth-order valence-corrected chi connectivity index (χ4v) is 4.58. The molecule has 0 aliphatic heterocycles. The van der Waals surface area contributed by atoms with E-state index in [0.29, 0.717) is 5.69 Å². The van der Waals surface area contributed by atoms with Crippen LogP contribution in [0.4, 0.5) is 0 Å². The average molecular weight is 469 g/mol. The molecule has 0 amide bonds. The number of fused-ring (bicyclic) bond motifs is 1. The largest absolute Gasteiger partial charge is 0.349 e. The molecule has 160 valence electrons. The summed E-state index contributed by atoms with van der Waals surface area (Å²) in [5.74, 6) is 0. The number of nitrogens with one attached hydrogen (secondary N) is 1. The van der Waals surface area contributed by atoms with Crippen molar-refractivity contribution in [3.05, 3.63) is 83.5 Å². The lowest BCUT2D eigenvalue weighted by Crippen LogP contribution is -2.33. The van der Waals surface area contributed by atoms with Crippen molar-refractivity contribution >= 4 is 34.2 Å². The second-order valence-electron chi connectivity index (χ2n) is 7.47. The van der Waals surface area contributed by atoms with Crippen LogP contribution >= 0.6 is 23.2 Å². The van der Waals surface area contributed by atoms with Crippen molar-refractivity contribution in [2.45, 2.75) is 25.3 Å². The first-order chi connectivity index (χ1) is 15.4. The standard InChI is InChI=1S/C21H14Cl2N6O3/c22-13-8-12(29-21(32)25-20(31)15(10-24)26-29)9-14(23)19(13)27-7-6-17-16(27)4-5-18(30)28(17)11-2-1-3-11/h4-9,11H,1-3H2,(H,25,31,32). The Morgan fingerprint density at radius 3 is 2.41 bits per heavy atom. The lowest BCUT2D eigenvalue weighted by molar-refractivity contribution is 0.315. The topological polar surface area (TPSA) is 118 Å². The van der Waals surface area contributed by atoms with Gasteiger partial charge in [0.1, 0.15) is 6.07 Å². The van der Waals surface area contributed by atoms with E-state index in [1.54, 1.807) is 27.5 Å². The van der Waals surface area contributed by atoms with Crippen molar-refractivity contribution in [1.82, 2.24) is 23.9 Å². The van der Waals surface area contributed by atoms with Crippen LogP contribution in [0.15, 0.2) is 50.9 Å². The summed E-state index contributed by atoms with van der Waals surface area (Å²) in [5, 5.41) is 13.2. The monoisotopic (exact) mass is 468 g/mol. The predicted octanol–water partition coefficient (Wildman–Crippen LogP) is 2.93. The molecule has 1 N–H and O–H groups in total. The zero-order valence-electron chi connectivity index (χ0n) is 16.4. The number of aromatic nitrogens is 5. The minimum atomic E-state index is -0.876. The highest BCUT2D eigenvalue weighted by Gasteiger charge is 2.23. The third-order valence-corrected chi connectivity index (χ3v) is 6.22. The molecule has 32 heavy (non-hydrogen) atoms. The second-order valence-corrected chi connectivity index (χ2v) is 8.29. The SMILES string of the molecule is N#Cc1nn(-c2cc(Cl)c(-n3ccc4c3ccc(=O)n4C3CCC3)c(Cl)c2)c(=O)[nH]c1=O. The molecule has 4 aromatic rings. The molecule has 3 heterocycles. The third-order valence-electron chi connectivity index (χ3n) is 5.64. The predicted molar refractivity (Wildman–Crippen MR) is 119 cm³/mol. The van der Waals surface area contributed by atoms with Gasteiger partial charge in [0.05, 0.1) is 32.5 Å². The number of nitrogens with zero attached hydrogens (tertiary/aromatic N) is 5. The quantitative estimate of drug-likeness (QED) is 0.495. The van der Waals surface area contributed by atoms with Gasteiger partial charge in [-0.3, -0.25) is 14.6 Å². The Morgan fingerprint density at radius 2 is 1.78 bits per heavy atom. The van der Waals surface area contributed by atoms with Crippen molar-refractivity contribution < 1.29 is 0 Å². The van der Waals surface area contributed by atoms with E-state index in [1.165, 1.54) is 18.2 Å². The number of rotatable bonds is 3. The van der Waals surface area contributed by atoms with Gasteiger partial charge in [0.25, 0.3) is 11.1 Å². The number of pyridine rings is 1. The highest BCUT2D eigenvalue weighted by Crippen LogP contribution is 2.36. The van der Waals surface area contributed by atoms with Crippen molar-refractivity contribution in [3.63, 3.8) is 0 Å². The number of halogens is 2. The van der Waals surface area contributed by atoms with Gasteiger partial charge in [0, 0.05) is 18.3 Å². The maximum Gasteiger partial charge on any atom is 0.349 e. The van der Waals surface area contributed by atoms with Crippen LogP contribution in [0.1, 0.15) is 31.0 Å². The minimum absolute atomic E-state index is 0.0516. The Morgan fingerprint density at radius 1 is 1.06 bits per heavy atom. The Balaban J connectivity index is 1.68. The molecule has 1 fully saturated rings. The Bertz CT molecular complexity index is 1590. The van der Waals surface area contributed by atoms with E-state index < -0.39 is 16.9 Å². The van der Waals surface area contributed by atoms with Crippen LogP contribution in [0.3, 0.4) is 0 Å². The van der Waals surface area contributed by atoms with Crippen molar-refractivity contribution in [2.24, 2.45) is 0 Å². The molecule has 0 spiro atoms. The first-order valence-corrected chi connectivity index (χ1v) is 10.5. The van der Waals surface area contributed by atoms with Gasteiger partial charge in [0.2, 0.25) is 5.69 Å². The van der Waals surface area contributed by atoms with Crippen LogP contribution in [-0.2, 0) is 0 Å². The molecule has 1 aromatic carbocycles. The van der Waals surface area contributed by atoms with Crippen LogP contribution < -0.4 is 16.8 Å². The van der Waals surface area contributed by atoms with E-state index in [0.717, 1.165) is 35.0 Å². The summed E-state index contributed by atoms with van der Waals surface area (Å²) < 4.78 is 4.43. The van der Waals surface area contributed by atoms with E-state index in [2.05, 4.69) is 5.10 Å².